The summed E-state index contributed by atoms with van der Waals surface area (Å²) in [5.74, 6) is 0.865. The third-order valence-electron chi connectivity index (χ3n) is 3.69. The molecule has 4 heteroatoms. The monoisotopic (exact) mass is 276 g/mol. The molecule has 0 spiro atoms. The van der Waals surface area contributed by atoms with Gasteiger partial charge in [-0.3, -0.25) is 0 Å². The maximum Gasteiger partial charge on any atom is 0.125 e. The molecule has 0 radical (unpaired) electrons. The van der Waals surface area contributed by atoms with E-state index in [1.54, 1.807) is 14.2 Å². The predicted octanol–water partition coefficient (Wildman–Crippen LogP) is 2.50. The number of rotatable bonds is 5. The molecule has 1 heterocycles. The Morgan fingerprint density at radius 3 is 2.70 bits per heavy atom. The Bertz CT molecular complexity index is 483. The van der Waals surface area contributed by atoms with E-state index in [9.17, 15) is 0 Å². The molecule has 2 N–H and O–H groups in total. The first-order valence-corrected chi connectivity index (χ1v) is 7.01. The Hall–Kier alpha value is -1.52. The first-order chi connectivity index (χ1) is 9.67. The molecule has 0 fully saturated rings. The van der Waals surface area contributed by atoms with Gasteiger partial charge in [0.1, 0.15) is 5.75 Å². The molecular formula is C16H24N2O2. The van der Waals surface area contributed by atoms with Gasteiger partial charge >= 0.3 is 0 Å². The van der Waals surface area contributed by atoms with E-state index >= 15 is 0 Å². The summed E-state index contributed by atoms with van der Waals surface area (Å²) in [7, 11) is 3.43. The molecule has 20 heavy (non-hydrogen) atoms. The number of hydrogen-bond acceptors (Lipinski definition) is 4. The van der Waals surface area contributed by atoms with Crippen LogP contribution in [0.5, 0.6) is 5.75 Å². The van der Waals surface area contributed by atoms with Crippen molar-refractivity contribution in [1.29, 1.82) is 0 Å². The van der Waals surface area contributed by atoms with Crippen LogP contribution in [0.3, 0.4) is 0 Å². The van der Waals surface area contributed by atoms with Gasteiger partial charge in [-0.2, -0.15) is 0 Å². The minimum absolute atomic E-state index is 0.0505. The van der Waals surface area contributed by atoms with E-state index in [1.807, 2.05) is 19.1 Å². The summed E-state index contributed by atoms with van der Waals surface area (Å²) < 4.78 is 10.6. The van der Waals surface area contributed by atoms with Crippen LogP contribution in [-0.4, -0.2) is 33.9 Å². The SMILES string of the molecule is COCC1=CCN(c2cccc(OC)c2C(C)N)CC1. The van der Waals surface area contributed by atoms with Gasteiger partial charge in [0, 0.05) is 37.5 Å². The summed E-state index contributed by atoms with van der Waals surface area (Å²) in [6.45, 7) is 4.61. The molecule has 0 amide bonds. The third-order valence-corrected chi connectivity index (χ3v) is 3.69. The fourth-order valence-electron chi connectivity index (χ4n) is 2.69. The fourth-order valence-corrected chi connectivity index (χ4v) is 2.69. The topological polar surface area (TPSA) is 47.7 Å². The average molecular weight is 276 g/mol. The number of benzene rings is 1. The Morgan fingerprint density at radius 2 is 2.15 bits per heavy atom. The molecule has 0 aromatic heterocycles. The van der Waals surface area contributed by atoms with Crippen LogP contribution in [0.1, 0.15) is 24.9 Å². The lowest BCUT2D eigenvalue weighted by molar-refractivity contribution is 0.222. The van der Waals surface area contributed by atoms with Crippen molar-refractivity contribution in [2.45, 2.75) is 19.4 Å². The Labute approximate surface area is 121 Å². The molecule has 4 nitrogen and oxygen atoms in total. The van der Waals surface area contributed by atoms with Crippen molar-refractivity contribution < 1.29 is 9.47 Å². The highest BCUT2D eigenvalue weighted by Crippen LogP contribution is 2.34. The van der Waals surface area contributed by atoms with Gasteiger partial charge in [-0.1, -0.05) is 12.1 Å². The zero-order valence-corrected chi connectivity index (χ0v) is 12.6. The van der Waals surface area contributed by atoms with E-state index in [2.05, 4.69) is 17.0 Å². The summed E-state index contributed by atoms with van der Waals surface area (Å²) >= 11 is 0. The largest absolute Gasteiger partial charge is 0.496 e. The molecule has 1 aliphatic heterocycles. The highest BCUT2D eigenvalue weighted by atomic mass is 16.5. The molecule has 1 aromatic carbocycles. The molecular weight excluding hydrogens is 252 g/mol. The summed E-state index contributed by atoms with van der Waals surface area (Å²) in [6.07, 6.45) is 3.28. The normalized spacial score (nSPS) is 16.8. The second-order valence-electron chi connectivity index (χ2n) is 5.17. The quantitative estimate of drug-likeness (QED) is 0.839. The molecule has 0 saturated carbocycles. The van der Waals surface area contributed by atoms with Crippen molar-refractivity contribution in [3.05, 3.63) is 35.4 Å². The molecule has 1 unspecified atom stereocenters. The maximum atomic E-state index is 6.13. The average Bonchev–Trinajstić information content (AvgIpc) is 2.47. The maximum absolute atomic E-state index is 6.13. The van der Waals surface area contributed by atoms with Gasteiger partial charge in [0.15, 0.2) is 0 Å². The summed E-state index contributed by atoms with van der Waals surface area (Å²) in [5, 5.41) is 0. The Morgan fingerprint density at radius 1 is 1.35 bits per heavy atom. The van der Waals surface area contributed by atoms with Gasteiger partial charge in [0.2, 0.25) is 0 Å². The minimum atomic E-state index is -0.0505. The molecule has 1 aliphatic rings. The molecule has 2 rings (SSSR count). The van der Waals surface area contributed by atoms with E-state index in [1.165, 1.54) is 11.3 Å². The second kappa shape index (κ2) is 6.77. The lowest BCUT2D eigenvalue weighted by Crippen LogP contribution is -2.31. The Balaban J connectivity index is 2.26. The van der Waals surface area contributed by atoms with Crippen LogP contribution in [-0.2, 0) is 4.74 Å². The first kappa shape index (κ1) is 14.9. The van der Waals surface area contributed by atoms with E-state index in [0.29, 0.717) is 0 Å². The molecule has 110 valence electrons. The molecule has 1 aromatic rings. The second-order valence-corrected chi connectivity index (χ2v) is 5.17. The lowest BCUT2D eigenvalue weighted by atomic mass is 10.0. The smallest absolute Gasteiger partial charge is 0.125 e. The zero-order valence-electron chi connectivity index (χ0n) is 12.6. The van der Waals surface area contributed by atoms with Crippen molar-refractivity contribution >= 4 is 5.69 Å². The summed E-state index contributed by atoms with van der Waals surface area (Å²) in [5.41, 5.74) is 9.76. The van der Waals surface area contributed by atoms with Crippen LogP contribution in [0.2, 0.25) is 0 Å². The number of nitrogens with two attached hydrogens (primary N) is 1. The molecule has 1 atom stereocenters. The van der Waals surface area contributed by atoms with E-state index in [-0.39, 0.29) is 6.04 Å². The van der Waals surface area contributed by atoms with Crippen LogP contribution >= 0.6 is 0 Å². The standard InChI is InChI=1S/C16H24N2O2/c1-12(17)16-14(5-4-6-15(16)20-3)18-9-7-13(8-10-18)11-19-2/h4-7,12H,8-11,17H2,1-3H3. The molecule has 0 aliphatic carbocycles. The first-order valence-electron chi connectivity index (χ1n) is 7.01. The molecule has 0 bridgehead atoms. The third kappa shape index (κ3) is 3.14. The van der Waals surface area contributed by atoms with Crippen LogP contribution < -0.4 is 15.4 Å². The van der Waals surface area contributed by atoms with Crippen LogP contribution in [0.25, 0.3) is 0 Å². The van der Waals surface area contributed by atoms with Gasteiger partial charge < -0.3 is 20.1 Å². The fraction of sp³-hybridized carbons (Fsp3) is 0.500. The highest BCUT2D eigenvalue weighted by molar-refractivity contribution is 5.61. The zero-order chi connectivity index (χ0) is 14.5. The van der Waals surface area contributed by atoms with Crippen molar-refractivity contribution in [2.75, 3.05) is 38.8 Å². The number of nitrogens with zero attached hydrogens (tertiary/aromatic N) is 1. The lowest BCUT2D eigenvalue weighted by Gasteiger charge is -2.31. The van der Waals surface area contributed by atoms with Gasteiger partial charge in [0.25, 0.3) is 0 Å². The molecule has 0 saturated heterocycles. The van der Waals surface area contributed by atoms with Crippen LogP contribution in [0, 0.1) is 0 Å². The minimum Gasteiger partial charge on any atom is -0.496 e. The van der Waals surface area contributed by atoms with Crippen molar-refractivity contribution in [2.24, 2.45) is 5.73 Å². The number of hydrogen-bond donors (Lipinski definition) is 1. The van der Waals surface area contributed by atoms with Gasteiger partial charge in [0.05, 0.1) is 13.7 Å². The predicted molar refractivity (Wildman–Crippen MR) is 82.4 cm³/mol. The van der Waals surface area contributed by atoms with E-state index in [0.717, 1.165) is 37.4 Å². The highest BCUT2D eigenvalue weighted by Gasteiger charge is 2.19. The Kier molecular flexibility index (Phi) is 5.04. The van der Waals surface area contributed by atoms with E-state index in [4.69, 9.17) is 15.2 Å². The summed E-state index contributed by atoms with van der Waals surface area (Å²) in [4.78, 5) is 2.35. The van der Waals surface area contributed by atoms with E-state index < -0.39 is 0 Å². The van der Waals surface area contributed by atoms with Crippen molar-refractivity contribution in [3.8, 4) is 5.75 Å². The van der Waals surface area contributed by atoms with Gasteiger partial charge in [-0.15, -0.1) is 0 Å². The summed E-state index contributed by atoms with van der Waals surface area (Å²) in [6, 6.07) is 6.06. The van der Waals surface area contributed by atoms with Crippen molar-refractivity contribution in [1.82, 2.24) is 0 Å². The van der Waals surface area contributed by atoms with Crippen molar-refractivity contribution in [3.63, 3.8) is 0 Å². The number of ether oxygens (including phenoxy) is 2. The van der Waals surface area contributed by atoms with Crippen LogP contribution in [0.4, 0.5) is 5.69 Å². The number of methoxy groups -OCH3 is 2. The number of anilines is 1. The van der Waals surface area contributed by atoms with Gasteiger partial charge in [-0.25, -0.2) is 0 Å². The van der Waals surface area contributed by atoms with Crippen LogP contribution in [0.15, 0.2) is 29.8 Å². The van der Waals surface area contributed by atoms with Gasteiger partial charge in [-0.05, 0) is 31.1 Å².